The Morgan fingerprint density at radius 3 is 1.92 bits per heavy atom. The van der Waals surface area contributed by atoms with E-state index in [0.29, 0.717) is 0 Å². The molecule has 0 radical (unpaired) electrons. The molecule has 5 heteroatoms. The Morgan fingerprint density at radius 1 is 1.08 bits per heavy atom. The van der Waals surface area contributed by atoms with Crippen LogP contribution < -0.4 is 0 Å². The van der Waals surface area contributed by atoms with E-state index < -0.39 is 0 Å². The number of aromatic nitrogens is 3. The second-order valence-corrected chi connectivity index (χ2v) is 4.12. The van der Waals surface area contributed by atoms with Crippen molar-refractivity contribution in [2.24, 2.45) is 7.05 Å². The first-order chi connectivity index (χ1) is 5.68. The molecule has 2 rings (SSSR count). The number of rotatable bonds is 0. The lowest BCUT2D eigenvalue weighted by Gasteiger charge is -1.91. The van der Waals surface area contributed by atoms with E-state index >= 15 is 0 Å². The van der Waals surface area contributed by atoms with Gasteiger partial charge in [-0.3, -0.25) is 0 Å². The fraction of sp³-hybridized carbons (Fsp3) is 0.143. The normalized spacial score (nSPS) is 10.9. The lowest BCUT2D eigenvalue weighted by atomic mass is 10.3. The third-order valence-corrected chi connectivity index (χ3v) is 2.82. The quantitative estimate of drug-likeness (QED) is 0.746. The minimum absolute atomic E-state index is 0.881. The Labute approximate surface area is 86.0 Å². The van der Waals surface area contributed by atoms with E-state index in [0.717, 1.165) is 20.0 Å². The summed E-state index contributed by atoms with van der Waals surface area (Å²) in [4.78, 5) is 1.56. The molecule has 12 heavy (non-hydrogen) atoms. The molecule has 0 atom stereocenters. The van der Waals surface area contributed by atoms with Gasteiger partial charge in [-0.15, -0.1) is 0 Å². The topological polar surface area (TPSA) is 30.7 Å². The molecule has 0 unspecified atom stereocenters. The van der Waals surface area contributed by atoms with E-state index in [2.05, 4.69) is 42.1 Å². The van der Waals surface area contributed by atoms with Crippen molar-refractivity contribution >= 4 is 42.9 Å². The summed E-state index contributed by atoms with van der Waals surface area (Å²) < 4.78 is 1.93. The SMILES string of the molecule is Cn1nc2c(Br)ccc(Br)c2n1. The molecule has 1 heterocycles. The Hall–Kier alpha value is -0.420. The molecule has 0 aliphatic heterocycles. The molecule has 0 aliphatic rings. The number of benzene rings is 1. The Kier molecular flexibility index (Phi) is 1.92. The molecule has 0 bridgehead atoms. The molecule has 1 aromatic heterocycles. The van der Waals surface area contributed by atoms with Crippen molar-refractivity contribution in [2.75, 3.05) is 0 Å². The number of aryl methyl sites for hydroxylation is 1. The van der Waals surface area contributed by atoms with Crippen LogP contribution in [0.3, 0.4) is 0 Å². The largest absolute Gasteiger partial charge is 0.187 e. The summed E-state index contributed by atoms with van der Waals surface area (Å²) in [7, 11) is 1.80. The number of nitrogens with zero attached hydrogens (tertiary/aromatic N) is 3. The van der Waals surface area contributed by atoms with Gasteiger partial charge in [0.2, 0.25) is 0 Å². The van der Waals surface area contributed by atoms with Crippen LogP contribution in [0.1, 0.15) is 0 Å². The summed E-state index contributed by atoms with van der Waals surface area (Å²) in [5, 5.41) is 8.40. The zero-order chi connectivity index (χ0) is 8.72. The van der Waals surface area contributed by atoms with Crippen LogP contribution in [-0.4, -0.2) is 15.0 Å². The molecule has 62 valence electrons. The van der Waals surface area contributed by atoms with Crippen molar-refractivity contribution in [2.45, 2.75) is 0 Å². The standard InChI is InChI=1S/C7H5Br2N3/c1-12-10-6-4(8)2-3-5(9)7(6)11-12/h2-3H,1H3. The minimum Gasteiger partial charge on any atom is -0.187 e. The molecule has 2 aromatic rings. The summed E-state index contributed by atoms with van der Waals surface area (Å²) >= 11 is 6.82. The van der Waals surface area contributed by atoms with Gasteiger partial charge in [-0.05, 0) is 44.0 Å². The van der Waals surface area contributed by atoms with Crippen molar-refractivity contribution in [3.8, 4) is 0 Å². The fourth-order valence-electron chi connectivity index (χ4n) is 1.03. The highest BCUT2D eigenvalue weighted by molar-refractivity contribution is 9.11. The number of hydrogen-bond acceptors (Lipinski definition) is 2. The van der Waals surface area contributed by atoms with E-state index in [-0.39, 0.29) is 0 Å². The van der Waals surface area contributed by atoms with E-state index in [1.165, 1.54) is 0 Å². The maximum Gasteiger partial charge on any atom is 0.128 e. The summed E-state index contributed by atoms with van der Waals surface area (Å²) in [5.41, 5.74) is 1.76. The highest BCUT2D eigenvalue weighted by Crippen LogP contribution is 2.26. The first kappa shape index (κ1) is 8.19. The van der Waals surface area contributed by atoms with Gasteiger partial charge in [0.25, 0.3) is 0 Å². The van der Waals surface area contributed by atoms with Crippen molar-refractivity contribution in [1.82, 2.24) is 15.0 Å². The van der Waals surface area contributed by atoms with Gasteiger partial charge in [-0.1, -0.05) is 0 Å². The van der Waals surface area contributed by atoms with E-state index in [1.54, 1.807) is 11.8 Å². The summed E-state index contributed by atoms with van der Waals surface area (Å²) in [6, 6.07) is 3.89. The van der Waals surface area contributed by atoms with Gasteiger partial charge in [0.05, 0.1) is 0 Å². The van der Waals surface area contributed by atoms with E-state index in [4.69, 9.17) is 0 Å². The molecule has 0 amide bonds. The van der Waals surface area contributed by atoms with Crippen LogP contribution in [0.15, 0.2) is 21.1 Å². The molecule has 0 N–H and O–H groups in total. The zero-order valence-corrected chi connectivity index (χ0v) is 9.42. The van der Waals surface area contributed by atoms with Crippen LogP contribution in [-0.2, 0) is 7.05 Å². The van der Waals surface area contributed by atoms with Crippen LogP contribution >= 0.6 is 31.9 Å². The lowest BCUT2D eigenvalue weighted by Crippen LogP contribution is -1.90. The number of hydrogen-bond donors (Lipinski definition) is 0. The molecular weight excluding hydrogens is 286 g/mol. The average molecular weight is 291 g/mol. The second-order valence-electron chi connectivity index (χ2n) is 2.42. The maximum absolute atomic E-state index is 4.20. The van der Waals surface area contributed by atoms with Gasteiger partial charge < -0.3 is 0 Å². The summed E-state index contributed by atoms with van der Waals surface area (Å²) in [6.45, 7) is 0. The molecule has 0 saturated heterocycles. The number of fused-ring (bicyclic) bond motifs is 1. The Bertz CT molecular complexity index is 396. The van der Waals surface area contributed by atoms with Gasteiger partial charge in [0.15, 0.2) is 0 Å². The molecular formula is C7H5Br2N3. The van der Waals surface area contributed by atoms with Crippen molar-refractivity contribution in [3.63, 3.8) is 0 Å². The van der Waals surface area contributed by atoms with E-state index in [1.807, 2.05) is 12.1 Å². The first-order valence-electron chi connectivity index (χ1n) is 3.33. The van der Waals surface area contributed by atoms with Crippen molar-refractivity contribution in [3.05, 3.63) is 21.1 Å². The molecule has 1 aromatic carbocycles. The zero-order valence-electron chi connectivity index (χ0n) is 6.25. The Balaban J connectivity index is 2.93. The van der Waals surface area contributed by atoms with Gasteiger partial charge >= 0.3 is 0 Å². The van der Waals surface area contributed by atoms with E-state index in [9.17, 15) is 0 Å². The average Bonchev–Trinajstić information content (AvgIpc) is 2.41. The van der Waals surface area contributed by atoms with Crippen LogP contribution in [0.25, 0.3) is 11.0 Å². The molecule has 0 aliphatic carbocycles. The van der Waals surface area contributed by atoms with Gasteiger partial charge in [0.1, 0.15) is 11.0 Å². The second kappa shape index (κ2) is 2.81. The minimum atomic E-state index is 0.881. The third-order valence-electron chi connectivity index (χ3n) is 1.54. The maximum atomic E-state index is 4.20. The highest BCUT2D eigenvalue weighted by Gasteiger charge is 2.07. The fourth-order valence-corrected chi connectivity index (χ4v) is 1.83. The predicted octanol–water partition coefficient (Wildman–Crippen LogP) is 2.49. The highest BCUT2D eigenvalue weighted by atomic mass is 79.9. The van der Waals surface area contributed by atoms with Crippen LogP contribution in [0.5, 0.6) is 0 Å². The van der Waals surface area contributed by atoms with Crippen LogP contribution in [0.4, 0.5) is 0 Å². The van der Waals surface area contributed by atoms with Crippen molar-refractivity contribution < 1.29 is 0 Å². The molecule has 0 fully saturated rings. The van der Waals surface area contributed by atoms with Crippen LogP contribution in [0, 0.1) is 0 Å². The monoisotopic (exact) mass is 289 g/mol. The summed E-state index contributed by atoms with van der Waals surface area (Å²) in [6.07, 6.45) is 0. The van der Waals surface area contributed by atoms with Crippen LogP contribution in [0.2, 0.25) is 0 Å². The number of halogens is 2. The Morgan fingerprint density at radius 2 is 1.50 bits per heavy atom. The van der Waals surface area contributed by atoms with Gasteiger partial charge in [-0.2, -0.15) is 15.0 Å². The predicted molar refractivity (Wildman–Crippen MR) is 53.9 cm³/mol. The lowest BCUT2D eigenvalue weighted by molar-refractivity contribution is 0.665. The third kappa shape index (κ3) is 1.17. The first-order valence-corrected chi connectivity index (χ1v) is 4.92. The molecule has 0 saturated carbocycles. The smallest absolute Gasteiger partial charge is 0.128 e. The van der Waals surface area contributed by atoms with Gasteiger partial charge in [0, 0.05) is 16.0 Å². The van der Waals surface area contributed by atoms with Crippen molar-refractivity contribution in [1.29, 1.82) is 0 Å². The molecule has 0 spiro atoms. The molecule has 3 nitrogen and oxygen atoms in total. The summed E-state index contributed by atoms with van der Waals surface area (Å²) in [5.74, 6) is 0. The van der Waals surface area contributed by atoms with Gasteiger partial charge in [-0.25, -0.2) is 0 Å².